The minimum atomic E-state index is -0.592. The smallest absolute Gasteiger partial charge is 0.414 e. The molecule has 35 heavy (non-hydrogen) atoms. The molecule has 0 radical (unpaired) electrons. The fourth-order valence-corrected chi connectivity index (χ4v) is 3.76. The van der Waals surface area contributed by atoms with Crippen molar-refractivity contribution in [1.29, 1.82) is 0 Å². The molecule has 3 aromatic rings. The van der Waals surface area contributed by atoms with Crippen LogP contribution in [0.15, 0.2) is 66.9 Å². The molecular weight excluding hydrogens is 451 g/mol. The van der Waals surface area contributed by atoms with Crippen LogP contribution in [0.25, 0.3) is 11.1 Å². The van der Waals surface area contributed by atoms with Gasteiger partial charge in [0.25, 0.3) is 5.91 Å². The van der Waals surface area contributed by atoms with Crippen molar-refractivity contribution in [2.75, 3.05) is 24.5 Å². The summed E-state index contributed by atoms with van der Waals surface area (Å²) >= 11 is 0. The number of benzene rings is 2. The summed E-state index contributed by atoms with van der Waals surface area (Å²) in [6.07, 6.45) is 1.24. The Bertz CT molecular complexity index is 1220. The number of cyclic esters (lactones) is 1. The number of aromatic nitrogens is 1. The fourth-order valence-electron chi connectivity index (χ4n) is 3.76. The molecule has 1 fully saturated rings. The van der Waals surface area contributed by atoms with Crippen LogP contribution in [0.1, 0.15) is 23.0 Å². The SMILES string of the molecule is CC(=O)NC[C@H]1CN(c2ccc(-c3ccc(C(=O)NCCc4ccccn4)cc3)c(F)c2)C(=O)O1. The fraction of sp³-hybridized carbons (Fsp3) is 0.231. The lowest BCUT2D eigenvalue weighted by Crippen LogP contribution is -2.33. The first-order valence-electron chi connectivity index (χ1n) is 11.2. The van der Waals surface area contributed by atoms with Gasteiger partial charge in [-0.3, -0.25) is 19.5 Å². The topological polar surface area (TPSA) is 101 Å². The highest BCUT2D eigenvalue weighted by Gasteiger charge is 2.32. The summed E-state index contributed by atoms with van der Waals surface area (Å²) in [6.45, 7) is 2.24. The monoisotopic (exact) mass is 476 g/mol. The van der Waals surface area contributed by atoms with Crippen LogP contribution in [0.2, 0.25) is 0 Å². The molecule has 9 heteroatoms. The predicted octanol–water partition coefficient (Wildman–Crippen LogP) is 3.32. The Morgan fingerprint density at radius 3 is 2.60 bits per heavy atom. The van der Waals surface area contributed by atoms with E-state index in [1.165, 1.54) is 17.9 Å². The molecule has 8 nitrogen and oxygen atoms in total. The van der Waals surface area contributed by atoms with Gasteiger partial charge in [-0.25, -0.2) is 9.18 Å². The van der Waals surface area contributed by atoms with Gasteiger partial charge in [-0.2, -0.15) is 0 Å². The van der Waals surface area contributed by atoms with Gasteiger partial charge in [-0.05, 0) is 48.0 Å². The summed E-state index contributed by atoms with van der Waals surface area (Å²) < 4.78 is 20.2. The van der Waals surface area contributed by atoms with E-state index in [9.17, 15) is 18.8 Å². The predicted molar refractivity (Wildman–Crippen MR) is 128 cm³/mol. The molecule has 3 amide bonds. The first-order valence-corrected chi connectivity index (χ1v) is 11.2. The van der Waals surface area contributed by atoms with Crippen LogP contribution in [0, 0.1) is 5.82 Å². The Balaban J connectivity index is 1.37. The van der Waals surface area contributed by atoms with E-state index >= 15 is 0 Å². The van der Waals surface area contributed by atoms with Gasteiger partial charge >= 0.3 is 6.09 Å². The van der Waals surface area contributed by atoms with Crippen LogP contribution < -0.4 is 15.5 Å². The third kappa shape index (κ3) is 6.00. The zero-order chi connectivity index (χ0) is 24.8. The number of pyridine rings is 1. The molecule has 1 saturated heterocycles. The normalized spacial score (nSPS) is 15.0. The summed E-state index contributed by atoms with van der Waals surface area (Å²) in [4.78, 5) is 41.2. The number of hydrogen-bond donors (Lipinski definition) is 2. The van der Waals surface area contributed by atoms with E-state index in [-0.39, 0.29) is 24.9 Å². The summed E-state index contributed by atoms with van der Waals surface area (Å²) in [6, 6.07) is 16.8. The summed E-state index contributed by atoms with van der Waals surface area (Å²) in [5.74, 6) is -0.944. The second-order valence-corrected chi connectivity index (χ2v) is 8.12. The molecule has 0 bridgehead atoms. The number of rotatable bonds is 8. The average molecular weight is 477 g/mol. The molecule has 0 saturated carbocycles. The van der Waals surface area contributed by atoms with Gasteiger partial charge < -0.3 is 15.4 Å². The van der Waals surface area contributed by atoms with Gasteiger partial charge in [0.1, 0.15) is 11.9 Å². The number of nitrogens with one attached hydrogen (secondary N) is 2. The molecule has 0 aliphatic carbocycles. The first-order chi connectivity index (χ1) is 16.9. The Morgan fingerprint density at radius 1 is 1.11 bits per heavy atom. The molecule has 1 aliphatic heterocycles. The lowest BCUT2D eigenvalue weighted by atomic mass is 10.0. The van der Waals surface area contributed by atoms with Gasteiger partial charge in [0.15, 0.2) is 0 Å². The van der Waals surface area contributed by atoms with E-state index in [1.54, 1.807) is 42.6 Å². The maximum Gasteiger partial charge on any atom is 0.414 e. The highest BCUT2D eigenvalue weighted by Crippen LogP contribution is 2.29. The zero-order valence-electron chi connectivity index (χ0n) is 19.2. The van der Waals surface area contributed by atoms with Gasteiger partial charge in [0, 0.05) is 42.9 Å². The molecule has 1 aliphatic rings. The van der Waals surface area contributed by atoms with Gasteiger partial charge in [-0.15, -0.1) is 0 Å². The van der Waals surface area contributed by atoms with Crippen molar-refractivity contribution in [3.05, 3.63) is 83.9 Å². The molecule has 2 heterocycles. The standard InChI is InChI=1S/C26H25FN4O4/c1-17(32)30-15-22-16-31(26(34)35-22)21-9-10-23(24(27)14-21)18-5-7-19(8-6-18)25(33)29-13-11-20-4-2-3-12-28-20/h2-10,12,14,22H,11,13,15-16H2,1H3,(H,29,33)(H,30,32)/t22-/m0/s1. The largest absolute Gasteiger partial charge is 0.442 e. The van der Waals surface area contributed by atoms with Crippen LogP contribution in [0.4, 0.5) is 14.9 Å². The van der Waals surface area contributed by atoms with Crippen molar-refractivity contribution in [3.63, 3.8) is 0 Å². The Hall–Kier alpha value is -4.27. The van der Waals surface area contributed by atoms with Crippen LogP contribution >= 0.6 is 0 Å². The Kier molecular flexibility index (Phi) is 7.35. The number of carbonyl (C=O) groups excluding carboxylic acids is 3. The Labute approximate surface area is 202 Å². The van der Waals surface area contributed by atoms with Crippen molar-refractivity contribution in [2.45, 2.75) is 19.4 Å². The first kappa shape index (κ1) is 23.9. The van der Waals surface area contributed by atoms with Crippen LogP contribution in [0.3, 0.4) is 0 Å². The van der Waals surface area contributed by atoms with Crippen LogP contribution in [-0.4, -0.2) is 48.6 Å². The summed E-state index contributed by atoms with van der Waals surface area (Å²) in [7, 11) is 0. The van der Waals surface area contributed by atoms with E-state index in [0.29, 0.717) is 35.3 Å². The van der Waals surface area contributed by atoms with E-state index < -0.39 is 18.0 Å². The third-order valence-electron chi connectivity index (χ3n) is 5.57. The minimum Gasteiger partial charge on any atom is -0.442 e. The number of amides is 3. The van der Waals surface area contributed by atoms with E-state index in [1.807, 2.05) is 18.2 Å². The number of anilines is 1. The van der Waals surface area contributed by atoms with E-state index in [0.717, 1.165) is 5.69 Å². The molecule has 1 aromatic heterocycles. The zero-order valence-corrected chi connectivity index (χ0v) is 19.2. The number of ether oxygens (including phenoxy) is 1. The molecule has 0 spiro atoms. The summed E-state index contributed by atoms with van der Waals surface area (Å²) in [5, 5.41) is 5.46. The molecule has 4 rings (SSSR count). The van der Waals surface area contributed by atoms with Crippen LogP contribution in [-0.2, 0) is 16.0 Å². The summed E-state index contributed by atoms with van der Waals surface area (Å²) in [5.41, 5.74) is 2.68. The molecule has 1 atom stereocenters. The van der Waals surface area contributed by atoms with Gasteiger partial charge in [0.05, 0.1) is 18.8 Å². The van der Waals surface area contributed by atoms with E-state index in [4.69, 9.17) is 4.74 Å². The average Bonchev–Trinajstić information content (AvgIpc) is 3.24. The number of halogens is 1. The van der Waals surface area contributed by atoms with Crippen molar-refractivity contribution in [2.24, 2.45) is 0 Å². The van der Waals surface area contributed by atoms with Crippen molar-refractivity contribution < 1.29 is 23.5 Å². The molecule has 2 N–H and O–H groups in total. The van der Waals surface area contributed by atoms with Crippen molar-refractivity contribution in [3.8, 4) is 11.1 Å². The number of carbonyl (C=O) groups is 3. The molecule has 2 aromatic carbocycles. The van der Waals surface area contributed by atoms with Gasteiger partial charge in [0.2, 0.25) is 5.91 Å². The third-order valence-corrected chi connectivity index (χ3v) is 5.57. The van der Waals surface area contributed by atoms with E-state index in [2.05, 4.69) is 15.6 Å². The maximum absolute atomic E-state index is 14.9. The van der Waals surface area contributed by atoms with Crippen molar-refractivity contribution >= 4 is 23.6 Å². The van der Waals surface area contributed by atoms with Crippen LogP contribution in [0.5, 0.6) is 0 Å². The quantitative estimate of drug-likeness (QED) is 0.520. The minimum absolute atomic E-state index is 0.196. The van der Waals surface area contributed by atoms with Crippen molar-refractivity contribution in [1.82, 2.24) is 15.6 Å². The Morgan fingerprint density at radius 2 is 1.91 bits per heavy atom. The second kappa shape index (κ2) is 10.8. The highest BCUT2D eigenvalue weighted by molar-refractivity contribution is 5.95. The molecule has 180 valence electrons. The maximum atomic E-state index is 14.9. The lowest BCUT2D eigenvalue weighted by molar-refractivity contribution is -0.119. The second-order valence-electron chi connectivity index (χ2n) is 8.12. The molecule has 0 unspecified atom stereocenters. The van der Waals surface area contributed by atoms with Gasteiger partial charge in [-0.1, -0.05) is 18.2 Å². The number of nitrogens with zero attached hydrogens (tertiary/aromatic N) is 2. The highest BCUT2D eigenvalue weighted by atomic mass is 19.1. The molecular formula is C26H25FN4O4. The number of hydrogen-bond acceptors (Lipinski definition) is 5. The lowest BCUT2D eigenvalue weighted by Gasteiger charge is -2.14.